The Morgan fingerprint density at radius 2 is 1.62 bits per heavy atom. The van der Waals surface area contributed by atoms with Crippen LogP contribution in [0.3, 0.4) is 0 Å². The number of benzene rings is 2. The molecule has 5 nitrogen and oxygen atoms in total. The van der Waals surface area contributed by atoms with E-state index in [-0.39, 0.29) is 12.6 Å². The van der Waals surface area contributed by atoms with Gasteiger partial charge in [-0.15, -0.1) is 0 Å². The fourth-order valence-corrected chi connectivity index (χ4v) is 3.92. The Balaban J connectivity index is 1.29. The average Bonchev–Trinajstić information content (AvgIpc) is 2.76. The second-order valence-corrected chi connectivity index (χ2v) is 7.81. The van der Waals surface area contributed by atoms with Crippen molar-refractivity contribution in [1.29, 1.82) is 0 Å². The number of unbranched alkanes of at least 4 members (excludes halogenated alkanes) is 2. The van der Waals surface area contributed by atoms with E-state index in [1.165, 1.54) is 16.7 Å². The maximum Gasteiger partial charge on any atom is 0.0976 e. The van der Waals surface area contributed by atoms with E-state index < -0.39 is 12.2 Å². The molecule has 1 aliphatic heterocycles. The molecule has 0 unspecified atom stereocenters. The van der Waals surface area contributed by atoms with Gasteiger partial charge in [0.15, 0.2) is 0 Å². The molecule has 0 aromatic heterocycles. The summed E-state index contributed by atoms with van der Waals surface area (Å²) in [6.07, 6.45) is 2.01. The van der Waals surface area contributed by atoms with Crippen LogP contribution in [0, 0.1) is 0 Å². The number of hydrogen-bond donors (Lipinski definition) is 3. The molecule has 2 aromatic rings. The highest BCUT2D eigenvalue weighted by Crippen LogP contribution is 2.20. The van der Waals surface area contributed by atoms with Gasteiger partial charge in [-0.05, 0) is 48.9 Å². The second kappa shape index (κ2) is 11.4. The molecular formula is C24H33NO4. The Labute approximate surface area is 173 Å². The molecule has 3 atom stereocenters. The van der Waals surface area contributed by atoms with E-state index in [9.17, 15) is 15.3 Å². The number of rotatable bonds is 10. The third-order valence-corrected chi connectivity index (χ3v) is 5.72. The summed E-state index contributed by atoms with van der Waals surface area (Å²) in [4.78, 5) is 2.09. The van der Waals surface area contributed by atoms with Crippen LogP contribution in [0.4, 0.5) is 0 Å². The second-order valence-electron chi connectivity index (χ2n) is 7.81. The Kier molecular flexibility index (Phi) is 8.65. The average molecular weight is 400 g/mol. The summed E-state index contributed by atoms with van der Waals surface area (Å²) in [6, 6.07) is 18.5. The highest BCUT2D eigenvalue weighted by Gasteiger charge is 2.34. The fraction of sp³-hybridized carbons (Fsp3) is 0.500. The molecule has 1 saturated heterocycles. The number of likely N-dealkylation sites (tertiary alicyclic amines) is 1. The highest BCUT2D eigenvalue weighted by molar-refractivity contribution is 5.63. The molecule has 1 aliphatic rings. The number of piperidine rings is 1. The van der Waals surface area contributed by atoms with Crippen LogP contribution in [0.2, 0.25) is 0 Å². The van der Waals surface area contributed by atoms with E-state index in [0.29, 0.717) is 13.0 Å². The molecule has 0 saturated carbocycles. The Hall–Kier alpha value is -1.76. The van der Waals surface area contributed by atoms with E-state index in [2.05, 4.69) is 41.3 Å². The molecule has 0 aliphatic carbocycles. The lowest BCUT2D eigenvalue weighted by Gasteiger charge is -2.40. The lowest BCUT2D eigenvalue weighted by atomic mass is 9.96. The van der Waals surface area contributed by atoms with Crippen molar-refractivity contribution < 1.29 is 20.1 Å². The molecule has 3 rings (SSSR count). The number of aliphatic hydroxyl groups is 3. The first-order valence-corrected chi connectivity index (χ1v) is 10.6. The Morgan fingerprint density at radius 3 is 2.34 bits per heavy atom. The quantitative estimate of drug-likeness (QED) is 0.536. The van der Waals surface area contributed by atoms with Gasteiger partial charge in [-0.2, -0.15) is 0 Å². The van der Waals surface area contributed by atoms with Gasteiger partial charge < -0.3 is 20.1 Å². The minimum atomic E-state index is -0.856. The Morgan fingerprint density at radius 1 is 0.897 bits per heavy atom. The summed E-state index contributed by atoms with van der Waals surface area (Å²) < 4.78 is 5.80. The minimum Gasteiger partial charge on any atom is -0.395 e. The summed E-state index contributed by atoms with van der Waals surface area (Å²) in [5, 5.41) is 29.2. The summed E-state index contributed by atoms with van der Waals surface area (Å²) in [5.41, 5.74) is 3.61. The number of hydrogen-bond acceptors (Lipinski definition) is 5. The molecule has 1 fully saturated rings. The predicted octanol–water partition coefficient (Wildman–Crippen LogP) is 2.83. The molecule has 29 heavy (non-hydrogen) atoms. The van der Waals surface area contributed by atoms with Gasteiger partial charge in [0.1, 0.15) is 0 Å². The van der Waals surface area contributed by atoms with Crippen molar-refractivity contribution in [3.63, 3.8) is 0 Å². The molecule has 0 bridgehead atoms. The van der Waals surface area contributed by atoms with Crippen LogP contribution in [0.5, 0.6) is 0 Å². The summed E-state index contributed by atoms with van der Waals surface area (Å²) in [5.74, 6) is 0. The largest absolute Gasteiger partial charge is 0.395 e. The molecule has 5 heteroatoms. The van der Waals surface area contributed by atoms with Crippen LogP contribution in [0.1, 0.15) is 31.2 Å². The monoisotopic (exact) mass is 399 g/mol. The molecular weight excluding hydrogens is 366 g/mol. The standard InChI is InChI=1S/C24H33NO4/c26-17-22-24(28)23(27)13-15-25(22)14-5-2-6-16-29-18-19-9-11-21(12-10-19)20-7-3-1-4-8-20/h1,3-4,7-12,22-24,26-28H,2,5-6,13-18H2/t22-,23-,24-/m1/s1. The number of aliphatic hydroxyl groups excluding tert-OH is 3. The van der Waals surface area contributed by atoms with Gasteiger partial charge in [-0.25, -0.2) is 0 Å². The van der Waals surface area contributed by atoms with Crippen molar-refractivity contribution in [3.05, 3.63) is 60.2 Å². The van der Waals surface area contributed by atoms with Crippen LogP contribution in [-0.2, 0) is 11.3 Å². The zero-order valence-electron chi connectivity index (χ0n) is 17.0. The Bertz CT molecular complexity index is 707. The van der Waals surface area contributed by atoms with Gasteiger partial charge in [-0.3, -0.25) is 4.90 Å². The van der Waals surface area contributed by atoms with Crippen LogP contribution in [0.15, 0.2) is 54.6 Å². The smallest absolute Gasteiger partial charge is 0.0976 e. The molecule has 0 amide bonds. The predicted molar refractivity (Wildman–Crippen MR) is 114 cm³/mol. The number of ether oxygens (including phenoxy) is 1. The molecule has 2 aromatic carbocycles. The van der Waals surface area contributed by atoms with Crippen molar-refractivity contribution in [2.45, 2.75) is 50.5 Å². The molecule has 158 valence electrons. The van der Waals surface area contributed by atoms with Crippen molar-refractivity contribution in [3.8, 4) is 11.1 Å². The van der Waals surface area contributed by atoms with Gasteiger partial charge in [0.25, 0.3) is 0 Å². The molecule has 1 heterocycles. The third-order valence-electron chi connectivity index (χ3n) is 5.72. The first-order valence-electron chi connectivity index (χ1n) is 10.6. The third kappa shape index (κ3) is 6.36. The van der Waals surface area contributed by atoms with Crippen LogP contribution in [-0.4, -0.2) is 64.8 Å². The maximum absolute atomic E-state index is 10.00. The fourth-order valence-electron chi connectivity index (χ4n) is 3.92. The molecule has 0 spiro atoms. The lowest BCUT2D eigenvalue weighted by Crippen LogP contribution is -2.56. The first-order chi connectivity index (χ1) is 14.2. The first kappa shape index (κ1) is 21.9. The molecule has 3 N–H and O–H groups in total. The number of nitrogens with zero attached hydrogens (tertiary/aromatic N) is 1. The zero-order valence-corrected chi connectivity index (χ0v) is 17.0. The van der Waals surface area contributed by atoms with E-state index in [1.807, 2.05) is 18.2 Å². The van der Waals surface area contributed by atoms with E-state index >= 15 is 0 Å². The summed E-state index contributed by atoms with van der Waals surface area (Å²) >= 11 is 0. The maximum atomic E-state index is 10.00. The lowest BCUT2D eigenvalue weighted by molar-refractivity contribution is -0.0897. The molecule has 0 radical (unpaired) electrons. The van der Waals surface area contributed by atoms with Crippen LogP contribution in [0.25, 0.3) is 11.1 Å². The van der Waals surface area contributed by atoms with Gasteiger partial charge in [0.05, 0.1) is 31.5 Å². The van der Waals surface area contributed by atoms with Gasteiger partial charge >= 0.3 is 0 Å². The van der Waals surface area contributed by atoms with E-state index in [4.69, 9.17) is 4.74 Å². The summed E-state index contributed by atoms with van der Waals surface area (Å²) in [6.45, 7) is 2.78. The van der Waals surface area contributed by atoms with Crippen molar-refractivity contribution in [2.24, 2.45) is 0 Å². The van der Waals surface area contributed by atoms with Crippen molar-refractivity contribution in [1.82, 2.24) is 4.90 Å². The topological polar surface area (TPSA) is 73.2 Å². The highest BCUT2D eigenvalue weighted by atomic mass is 16.5. The van der Waals surface area contributed by atoms with Crippen LogP contribution < -0.4 is 0 Å². The van der Waals surface area contributed by atoms with Gasteiger partial charge in [0.2, 0.25) is 0 Å². The van der Waals surface area contributed by atoms with Gasteiger partial charge in [0, 0.05) is 13.2 Å². The normalized spacial score (nSPS) is 22.7. The van der Waals surface area contributed by atoms with Crippen molar-refractivity contribution in [2.75, 3.05) is 26.3 Å². The van der Waals surface area contributed by atoms with E-state index in [0.717, 1.165) is 39.0 Å². The summed E-state index contributed by atoms with van der Waals surface area (Å²) in [7, 11) is 0. The SMILES string of the molecule is OC[C@@H]1[C@@H](O)[C@H](O)CCN1CCCCCOCc1ccc(-c2ccccc2)cc1. The minimum absolute atomic E-state index is 0.121. The van der Waals surface area contributed by atoms with Gasteiger partial charge in [-0.1, -0.05) is 54.6 Å². The van der Waals surface area contributed by atoms with Crippen LogP contribution >= 0.6 is 0 Å². The van der Waals surface area contributed by atoms with E-state index in [1.54, 1.807) is 0 Å². The zero-order chi connectivity index (χ0) is 20.5. The van der Waals surface area contributed by atoms with Crippen molar-refractivity contribution >= 4 is 0 Å².